The van der Waals surface area contributed by atoms with Gasteiger partial charge in [0, 0.05) is 6.54 Å². The first-order chi connectivity index (χ1) is 13.1. The van der Waals surface area contributed by atoms with E-state index in [0.29, 0.717) is 12.1 Å². The minimum atomic E-state index is -0.778. The summed E-state index contributed by atoms with van der Waals surface area (Å²) in [6, 6.07) is 2.74. The Morgan fingerprint density at radius 3 is 2.25 bits per heavy atom. The summed E-state index contributed by atoms with van der Waals surface area (Å²) in [6.07, 6.45) is 0.793. The molecule has 0 aliphatic heterocycles. The molecule has 0 unspecified atom stereocenters. The Kier molecular flexibility index (Phi) is 8.96. The van der Waals surface area contributed by atoms with Gasteiger partial charge in [-0.2, -0.15) is 0 Å². The van der Waals surface area contributed by atoms with Crippen LogP contribution in [0.5, 0.6) is 5.75 Å². The molecule has 0 aliphatic rings. The molecular weight excluding hydrogens is 360 g/mol. The van der Waals surface area contributed by atoms with E-state index in [4.69, 9.17) is 4.74 Å². The van der Waals surface area contributed by atoms with Crippen LogP contribution in [0, 0.1) is 0 Å². The predicted octanol–water partition coefficient (Wildman–Crippen LogP) is 2.83. The second-order valence-electron chi connectivity index (χ2n) is 7.47. The van der Waals surface area contributed by atoms with Crippen LogP contribution < -0.4 is 10.6 Å². The molecular formula is C21H32N2O5. The molecule has 1 rings (SSSR count). The number of amides is 2. The summed E-state index contributed by atoms with van der Waals surface area (Å²) in [5, 5.41) is 15.6. The van der Waals surface area contributed by atoms with E-state index in [9.17, 15) is 19.5 Å². The van der Waals surface area contributed by atoms with Crippen molar-refractivity contribution >= 4 is 17.8 Å². The Bertz CT molecular complexity index is 713. The number of benzene rings is 1. The largest absolute Gasteiger partial charge is 0.507 e. The molecule has 1 atom stereocenters. The molecule has 0 radical (unpaired) electrons. The molecule has 1 aromatic carbocycles. The molecule has 3 N–H and O–H groups in total. The lowest BCUT2D eigenvalue weighted by Crippen LogP contribution is -2.46. The first-order valence-corrected chi connectivity index (χ1v) is 9.69. The number of phenols is 1. The average molecular weight is 392 g/mol. The van der Waals surface area contributed by atoms with E-state index in [2.05, 4.69) is 10.6 Å². The van der Waals surface area contributed by atoms with Crippen molar-refractivity contribution in [2.45, 2.75) is 65.8 Å². The maximum Gasteiger partial charge on any atom is 0.342 e. The number of rotatable bonds is 9. The van der Waals surface area contributed by atoms with Crippen LogP contribution in [0.25, 0.3) is 0 Å². The van der Waals surface area contributed by atoms with Gasteiger partial charge >= 0.3 is 5.97 Å². The van der Waals surface area contributed by atoms with Crippen LogP contribution >= 0.6 is 0 Å². The smallest absolute Gasteiger partial charge is 0.342 e. The summed E-state index contributed by atoms with van der Waals surface area (Å²) < 4.78 is 5.06. The number of esters is 1. The molecule has 0 bridgehead atoms. The summed E-state index contributed by atoms with van der Waals surface area (Å²) in [5.74, 6) is -1.61. The van der Waals surface area contributed by atoms with E-state index < -0.39 is 24.5 Å². The third-order valence-corrected chi connectivity index (χ3v) is 4.32. The van der Waals surface area contributed by atoms with Gasteiger partial charge in [0.25, 0.3) is 5.91 Å². The zero-order valence-electron chi connectivity index (χ0n) is 17.6. The Morgan fingerprint density at radius 2 is 1.71 bits per heavy atom. The second-order valence-corrected chi connectivity index (χ2v) is 7.47. The summed E-state index contributed by atoms with van der Waals surface area (Å²) in [6.45, 7) is 11.3. The molecule has 0 fully saturated rings. The highest BCUT2D eigenvalue weighted by Crippen LogP contribution is 2.33. The quantitative estimate of drug-likeness (QED) is 0.561. The van der Waals surface area contributed by atoms with Crippen molar-refractivity contribution in [1.82, 2.24) is 10.6 Å². The number of nitrogens with one attached hydrogen (secondary N) is 2. The monoisotopic (exact) mass is 392 g/mol. The van der Waals surface area contributed by atoms with Crippen molar-refractivity contribution in [2.75, 3.05) is 13.2 Å². The fraction of sp³-hybridized carbons (Fsp3) is 0.571. The van der Waals surface area contributed by atoms with E-state index in [-0.39, 0.29) is 29.1 Å². The summed E-state index contributed by atoms with van der Waals surface area (Å²) in [4.78, 5) is 36.2. The Balaban J connectivity index is 2.80. The third kappa shape index (κ3) is 6.55. The van der Waals surface area contributed by atoms with Gasteiger partial charge in [-0.05, 0) is 42.4 Å². The van der Waals surface area contributed by atoms with Crippen molar-refractivity contribution in [1.29, 1.82) is 0 Å². The first-order valence-electron chi connectivity index (χ1n) is 9.69. The molecule has 1 aromatic rings. The molecule has 0 spiro atoms. The molecule has 0 saturated carbocycles. The van der Waals surface area contributed by atoms with Crippen molar-refractivity contribution in [3.05, 3.63) is 28.8 Å². The molecule has 0 aliphatic carbocycles. The number of hydrogen-bond acceptors (Lipinski definition) is 5. The molecule has 28 heavy (non-hydrogen) atoms. The minimum Gasteiger partial charge on any atom is -0.507 e. The molecule has 0 heterocycles. The van der Waals surface area contributed by atoms with Crippen LogP contribution in [-0.2, 0) is 14.3 Å². The lowest BCUT2D eigenvalue weighted by Gasteiger charge is -2.17. The summed E-state index contributed by atoms with van der Waals surface area (Å²) in [5.41, 5.74) is 1.60. The molecule has 0 aromatic heterocycles. The van der Waals surface area contributed by atoms with Gasteiger partial charge in [0.1, 0.15) is 17.4 Å². The third-order valence-electron chi connectivity index (χ3n) is 4.32. The van der Waals surface area contributed by atoms with Gasteiger partial charge in [-0.15, -0.1) is 0 Å². The van der Waals surface area contributed by atoms with Gasteiger partial charge in [-0.1, -0.05) is 40.7 Å². The zero-order valence-corrected chi connectivity index (χ0v) is 17.6. The van der Waals surface area contributed by atoms with Crippen LogP contribution in [0.4, 0.5) is 0 Å². The maximum absolute atomic E-state index is 12.4. The number of phenolic OH excluding ortho intramolecular Hbond substituents is 1. The topological polar surface area (TPSA) is 105 Å². The number of ether oxygens (including phenoxy) is 1. The van der Waals surface area contributed by atoms with Crippen molar-refractivity contribution in [2.24, 2.45) is 0 Å². The summed E-state index contributed by atoms with van der Waals surface area (Å²) >= 11 is 0. The first kappa shape index (κ1) is 23.5. The normalized spacial score (nSPS) is 12.0. The predicted molar refractivity (Wildman–Crippen MR) is 107 cm³/mol. The van der Waals surface area contributed by atoms with E-state index >= 15 is 0 Å². The highest BCUT2D eigenvalue weighted by molar-refractivity contribution is 5.95. The van der Waals surface area contributed by atoms with Crippen LogP contribution in [0.2, 0.25) is 0 Å². The van der Waals surface area contributed by atoms with Gasteiger partial charge < -0.3 is 20.5 Å². The highest BCUT2D eigenvalue weighted by atomic mass is 16.5. The molecule has 156 valence electrons. The standard InChI is InChI=1S/C21H32N2O5/c1-7-8-22-20(26)14(6)23-18(24)11-28-21(27)17-10-15(12(2)3)9-16(13(4)5)19(17)25/h9-10,12-14,25H,7-8,11H2,1-6H3,(H,22,26)(H,23,24)/t14-/m0/s1. The molecule has 2 amide bonds. The Morgan fingerprint density at radius 1 is 1.07 bits per heavy atom. The number of hydrogen-bond donors (Lipinski definition) is 3. The van der Waals surface area contributed by atoms with Gasteiger partial charge in [0.15, 0.2) is 6.61 Å². The number of carbonyl (C=O) groups excluding carboxylic acids is 3. The van der Waals surface area contributed by atoms with E-state index in [1.54, 1.807) is 13.0 Å². The second kappa shape index (κ2) is 10.7. The average Bonchev–Trinajstić information content (AvgIpc) is 2.63. The molecule has 7 nitrogen and oxygen atoms in total. The van der Waals surface area contributed by atoms with Crippen LogP contribution in [0.1, 0.15) is 81.3 Å². The van der Waals surface area contributed by atoms with E-state index in [0.717, 1.165) is 12.0 Å². The fourth-order valence-electron chi connectivity index (χ4n) is 2.57. The Labute approximate surface area is 166 Å². The van der Waals surface area contributed by atoms with Crippen molar-refractivity contribution in [3.8, 4) is 5.75 Å². The summed E-state index contributed by atoms with van der Waals surface area (Å²) in [7, 11) is 0. The van der Waals surface area contributed by atoms with Crippen LogP contribution in [-0.4, -0.2) is 42.1 Å². The van der Waals surface area contributed by atoms with Gasteiger partial charge in [-0.3, -0.25) is 9.59 Å². The lowest BCUT2D eigenvalue weighted by molar-refractivity contribution is -0.130. The minimum absolute atomic E-state index is 0.0241. The van der Waals surface area contributed by atoms with E-state index in [1.165, 1.54) is 0 Å². The number of carbonyl (C=O) groups is 3. The zero-order chi connectivity index (χ0) is 21.4. The Hall–Kier alpha value is -2.57. The molecule has 7 heteroatoms. The number of aromatic hydroxyl groups is 1. The fourth-order valence-corrected chi connectivity index (χ4v) is 2.57. The molecule has 0 saturated heterocycles. The van der Waals surface area contributed by atoms with Gasteiger partial charge in [-0.25, -0.2) is 4.79 Å². The van der Waals surface area contributed by atoms with Crippen LogP contribution in [0.15, 0.2) is 12.1 Å². The SMILES string of the molecule is CCCNC(=O)[C@H](C)NC(=O)COC(=O)c1cc(C(C)C)cc(C(C)C)c1O. The van der Waals surface area contributed by atoms with Gasteiger partial charge in [0.05, 0.1) is 0 Å². The van der Waals surface area contributed by atoms with Crippen molar-refractivity contribution in [3.63, 3.8) is 0 Å². The van der Waals surface area contributed by atoms with E-state index in [1.807, 2.05) is 40.7 Å². The highest BCUT2D eigenvalue weighted by Gasteiger charge is 2.22. The maximum atomic E-state index is 12.4. The van der Waals surface area contributed by atoms with Gasteiger partial charge in [0.2, 0.25) is 5.91 Å². The van der Waals surface area contributed by atoms with Crippen LogP contribution in [0.3, 0.4) is 0 Å². The lowest BCUT2D eigenvalue weighted by atomic mass is 9.92. The van der Waals surface area contributed by atoms with Crippen molar-refractivity contribution < 1.29 is 24.2 Å².